The first kappa shape index (κ1) is 18.2. The largest absolute Gasteiger partial charge is 0.504 e. The highest BCUT2D eigenvalue weighted by Crippen LogP contribution is 2.63. The van der Waals surface area contributed by atoms with E-state index in [0.717, 1.165) is 25.7 Å². The summed E-state index contributed by atoms with van der Waals surface area (Å²) in [7, 11) is 1.63. The van der Waals surface area contributed by atoms with Crippen LogP contribution in [-0.4, -0.2) is 23.4 Å². The van der Waals surface area contributed by atoms with Crippen molar-refractivity contribution in [1.82, 2.24) is 0 Å². The third-order valence-electron chi connectivity index (χ3n) is 7.91. The van der Waals surface area contributed by atoms with E-state index in [1.54, 1.807) is 7.11 Å². The molecule has 26 heavy (non-hydrogen) atoms. The van der Waals surface area contributed by atoms with Crippen molar-refractivity contribution < 1.29 is 14.9 Å². The summed E-state index contributed by atoms with van der Waals surface area (Å²) in [6, 6.07) is 4.00. The number of phenolic OH excluding ortho intramolecular Hbond substituents is 1. The molecular weight excluding hydrogens is 324 g/mol. The van der Waals surface area contributed by atoms with Crippen LogP contribution in [0.2, 0.25) is 0 Å². The molecule has 3 heteroatoms. The Kier molecular flexibility index (Phi) is 4.50. The highest BCUT2D eigenvalue weighted by molar-refractivity contribution is 5.49. The van der Waals surface area contributed by atoms with Gasteiger partial charge < -0.3 is 14.9 Å². The van der Waals surface area contributed by atoms with Crippen molar-refractivity contribution in [2.45, 2.75) is 71.3 Å². The van der Waals surface area contributed by atoms with Gasteiger partial charge in [0.2, 0.25) is 0 Å². The first-order valence-electron chi connectivity index (χ1n) is 10.4. The van der Waals surface area contributed by atoms with E-state index in [1.807, 2.05) is 6.07 Å². The van der Waals surface area contributed by atoms with Crippen molar-refractivity contribution in [3.05, 3.63) is 23.3 Å². The van der Waals surface area contributed by atoms with Gasteiger partial charge in [-0.3, -0.25) is 0 Å². The van der Waals surface area contributed by atoms with Gasteiger partial charge in [-0.1, -0.05) is 20.8 Å². The first-order valence-corrected chi connectivity index (χ1v) is 10.4. The highest BCUT2D eigenvalue weighted by atomic mass is 16.5. The molecule has 0 radical (unpaired) electrons. The third kappa shape index (κ3) is 2.66. The lowest BCUT2D eigenvalue weighted by molar-refractivity contribution is -0.0344. The Balaban J connectivity index is 1.66. The lowest BCUT2D eigenvalue weighted by Crippen LogP contribution is -2.44. The normalized spacial score (nSPS) is 38.6. The quantitative estimate of drug-likeness (QED) is 0.809. The number of phenols is 1. The van der Waals surface area contributed by atoms with Crippen LogP contribution in [0.25, 0.3) is 0 Å². The molecule has 0 aliphatic heterocycles. The van der Waals surface area contributed by atoms with Crippen molar-refractivity contribution in [3.63, 3.8) is 0 Å². The summed E-state index contributed by atoms with van der Waals surface area (Å²) in [5, 5.41) is 21.3. The monoisotopic (exact) mass is 358 g/mol. The molecule has 2 fully saturated rings. The number of aryl methyl sites for hydroxylation is 1. The lowest BCUT2D eigenvalue weighted by atomic mass is 9.55. The summed E-state index contributed by atoms with van der Waals surface area (Å²) in [4.78, 5) is 0. The van der Waals surface area contributed by atoms with Crippen LogP contribution in [-0.2, 0) is 6.42 Å². The van der Waals surface area contributed by atoms with Gasteiger partial charge in [0.25, 0.3) is 0 Å². The first-order chi connectivity index (χ1) is 12.3. The predicted octanol–water partition coefficient (Wildman–Crippen LogP) is 4.89. The number of rotatable bonds is 3. The predicted molar refractivity (Wildman–Crippen MR) is 104 cm³/mol. The van der Waals surface area contributed by atoms with Crippen LogP contribution in [0.4, 0.5) is 0 Å². The van der Waals surface area contributed by atoms with Crippen LogP contribution < -0.4 is 4.74 Å². The van der Waals surface area contributed by atoms with Gasteiger partial charge in [0.15, 0.2) is 11.5 Å². The Labute approximate surface area is 157 Å². The van der Waals surface area contributed by atoms with Gasteiger partial charge in [-0.25, -0.2) is 0 Å². The van der Waals surface area contributed by atoms with Crippen molar-refractivity contribution in [3.8, 4) is 11.5 Å². The standard InChI is InChI=1S/C23H34O3/c1-13(2)9-15-10-19-17-6-5-14-11-20(24)21(26-4)12-18(14)16(17)7-8-23(19,3)22(15)25/h11-13,15-17,19,22,24-25H,5-10H2,1-4H3/t15-,16-,17+,19-,22-,23-/m0/s1. The molecule has 144 valence electrons. The number of methoxy groups -OCH3 is 1. The molecule has 4 rings (SSSR count). The topological polar surface area (TPSA) is 49.7 Å². The number of hydrogen-bond acceptors (Lipinski definition) is 3. The highest BCUT2D eigenvalue weighted by Gasteiger charge is 2.57. The molecule has 0 aromatic heterocycles. The lowest BCUT2D eigenvalue weighted by Gasteiger charge is -2.50. The summed E-state index contributed by atoms with van der Waals surface area (Å²) < 4.78 is 5.39. The van der Waals surface area contributed by atoms with Gasteiger partial charge >= 0.3 is 0 Å². The maximum atomic E-state index is 11.1. The number of fused-ring (bicyclic) bond motifs is 5. The van der Waals surface area contributed by atoms with E-state index in [0.29, 0.717) is 35.3 Å². The van der Waals surface area contributed by atoms with Crippen LogP contribution in [0.5, 0.6) is 11.5 Å². The second-order valence-corrected chi connectivity index (χ2v) is 9.75. The average Bonchev–Trinajstić information content (AvgIpc) is 2.85. The molecule has 2 N–H and O–H groups in total. The molecule has 6 atom stereocenters. The molecule has 0 amide bonds. The van der Waals surface area contributed by atoms with Gasteiger partial charge in [0.1, 0.15) is 0 Å². The van der Waals surface area contributed by atoms with Crippen LogP contribution in [0.3, 0.4) is 0 Å². The zero-order valence-electron chi connectivity index (χ0n) is 16.7. The zero-order chi connectivity index (χ0) is 18.6. The van der Waals surface area contributed by atoms with Gasteiger partial charge in [0, 0.05) is 0 Å². The van der Waals surface area contributed by atoms with Gasteiger partial charge in [-0.05, 0) is 96.8 Å². The fourth-order valence-corrected chi connectivity index (χ4v) is 6.73. The van der Waals surface area contributed by atoms with Crippen molar-refractivity contribution in [1.29, 1.82) is 0 Å². The van der Waals surface area contributed by atoms with E-state index in [9.17, 15) is 10.2 Å². The molecule has 0 unspecified atom stereocenters. The third-order valence-corrected chi connectivity index (χ3v) is 7.91. The number of benzene rings is 1. The van der Waals surface area contributed by atoms with Crippen molar-refractivity contribution >= 4 is 0 Å². The zero-order valence-corrected chi connectivity index (χ0v) is 16.7. The van der Waals surface area contributed by atoms with E-state index in [4.69, 9.17) is 4.74 Å². The van der Waals surface area contributed by atoms with Crippen LogP contribution in [0, 0.1) is 29.1 Å². The summed E-state index contributed by atoms with van der Waals surface area (Å²) in [6.45, 7) is 6.90. The molecule has 0 bridgehead atoms. The van der Waals surface area contributed by atoms with E-state index in [2.05, 4.69) is 26.8 Å². The minimum atomic E-state index is -0.147. The van der Waals surface area contributed by atoms with Gasteiger partial charge in [-0.2, -0.15) is 0 Å². The van der Waals surface area contributed by atoms with Gasteiger partial charge in [-0.15, -0.1) is 0 Å². The molecule has 3 aliphatic carbocycles. The summed E-state index contributed by atoms with van der Waals surface area (Å²) in [6.07, 6.45) is 6.65. The maximum absolute atomic E-state index is 11.1. The van der Waals surface area contributed by atoms with E-state index in [-0.39, 0.29) is 17.3 Å². The number of ether oxygens (including phenoxy) is 1. The molecule has 0 heterocycles. The minimum absolute atomic E-state index is 0.0826. The second-order valence-electron chi connectivity index (χ2n) is 9.75. The fraction of sp³-hybridized carbons (Fsp3) is 0.739. The Morgan fingerprint density at radius 3 is 2.73 bits per heavy atom. The number of hydrogen-bond donors (Lipinski definition) is 2. The van der Waals surface area contributed by atoms with E-state index < -0.39 is 0 Å². The van der Waals surface area contributed by atoms with E-state index in [1.165, 1.54) is 24.0 Å². The number of aliphatic hydroxyl groups excluding tert-OH is 1. The SMILES string of the molecule is COc1cc2c(cc1O)CC[C@@H]1[C@@H]2CC[C@]2(C)[C@@H](O)[C@@H](CC(C)C)C[C@@H]12. The fourth-order valence-electron chi connectivity index (χ4n) is 6.73. The molecule has 3 nitrogen and oxygen atoms in total. The number of aliphatic hydroxyl groups is 1. The summed E-state index contributed by atoms with van der Waals surface area (Å²) >= 11 is 0. The Bertz CT molecular complexity index is 682. The van der Waals surface area contributed by atoms with Crippen LogP contribution >= 0.6 is 0 Å². The second kappa shape index (κ2) is 6.44. The van der Waals surface area contributed by atoms with Crippen molar-refractivity contribution in [2.24, 2.45) is 29.1 Å². The Morgan fingerprint density at radius 2 is 2.04 bits per heavy atom. The van der Waals surface area contributed by atoms with Gasteiger partial charge in [0.05, 0.1) is 13.2 Å². The Hall–Kier alpha value is -1.22. The summed E-state index contributed by atoms with van der Waals surface area (Å²) in [5.74, 6) is 3.79. The van der Waals surface area contributed by atoms with Crippen LogP contribution in [0.15, 0.2) is 12.1 Å². The molecule has 3 aliphatic rings. The number of aromatic hydroxyl groups is 1. The van der Waals surface area contributed by atoms with E-state index >= 15 is 0 Å². The molecule has 1 aromatic carbocycles. The Morgan fingerprint density at radius 1 is 1.27 bits per heavy atom. The molecule has 1 aromatic rings. The average molecular weight is 359 g/mol. The smallest absolute Gasteiger partial charge is 0.160 e. The summed E-state index contributed by atoms with van der Waals surface area (Å²) in [5.41, 5.74) is 2.77. The molecule has 0 spiro atoms. The van der Waals surface area contributed by atoms with Crippen molar-refractivity contribution in [2.75, 3.05) is 7.11 Å². The molecule has 2 saturated carbocycles. The molecular formula is C23H34O3. The maximum Gasteiger partial charge on any atom is 0.160 e. The molecule has 0 saturated heterocycles. The van der Waals surface area contributed by atoms with Crippen LogP contribution in [0.1, 0.15) is 69.9 Å². The minimum Gasteiger partial charge on any atom is -0.504 e.